The van der Waals surface area contributed by atoms with Crippen LogP contribution in [0.5, 0.6) is 0 Å². The van der Waals surface area contributed by atoms with Crippen molar-refractivity contribution in [2.24, 2.45) is 0 Å². The Bertz CT molecular complexity index is 548. The first kappa shape index (κ1) is 13.1. The highest BCUT2D eigenvalue weighted by Gasteiger charge is 2.30. The minimum absolute atomic E-state index is 0.0837. The molecule has 1 amide bonds. The number of H-pyrrole nitrogens is 1. The molecule has 2 heterocycles. The quantitative estimate of drug-likeness (QED) is 0.892. The molecule has 8 heteroatoms. The van der Waals surface area contributed by atoms with Crippen LogP contribution in [0.1, 0.15) is 21.9 Å². The van der Waals surface area contributed by atoms with Crippen molar-refractivity contribution in [1.82, 2.24) is 20.3 Å². The Morgan fingerprint density at radius 1 is 1.32 bits per heavy atom. The molecule has 2 rings (SSSR count). The molecule has 0 atom stereocenters. The summed E-state index contributed by atoms with van der Waals surface area (Å²) in [6, 6.07) is 1.84. The summed E-state index contributed by atoms with van der Waals surface area (Å²) >= 11 is 0. The second-order valence-corrected chi connectivity index (χ2v) is 3.65. The first-order valence-corrected chi connectivity index (χ1v) is 5.26. The van der Waals surface area contributed by atoms with Crippen molar-refractivity contribution in [3.8, 4) is 0 Å². The number of carbonyl (C=O) groups excluding carboxylic acids is 1. The maximum absolute atomic E-state index is 12.3. The number of hydrogen-bond donors (Lipinski definition) is 2. The van der Waals surface area contributed by atoms with E-state index in [0.717, 1.165) is 12.1 Å². The van der Waals surface area contributed by atoms with Gasteiger partial charge in [-0.15, -0.1) is 0 Å². The molecular weight excluding hydrogens is 261 g/mol. The number of pyridine rings is 1. The Labute approximate surface area is 105 Å². The second kappa shape index (κ2) is 5.09. The zero-order valence-electron chi connectivity index (χ0n) is 9.53. The van der Waals surface area contributed by atoms with Crippen LogP contribution in [-0.4, -0.2) is 20.9 Å². The summed E-state index contributed by atoms with van der Waals surface area (Å²) < 4.78 is 36.9. The Balaban J connectivity index is 2.00. The van der Waals surface area contributed by atoms with E-state index in [4.69, 9.17) is 0 Å². The third kappa shape index (κ3) is 3.30. The summed E-state index contributed by atoms with van der Waals surface area (Å²) in [4.78, 5) is 21.8. The van der Waals surface area contributed by atoms with Crippen molar-refractivity contribution in [3.05, 3.63) is 47.8 Å². The third-order valence-electron chi connectivity index (χ3n) is 2.29. The molecule has 19 heavy (non-hydrogen) atoms. The molecule has 100 valence electrons. The Morgan fingerprint density at radius 2 is 2.11 bits per heavy atom. The van der Waals surface area contributed by atoms with Crippen LogP contribution in [0.3, 0.4) is 0 Å². The van der Waals surface area contributed by atoms with E-state index in [0.29, 0.717) is 12.0 Å². The number of aromatic amines is 1. The number of nitrogens with one attached hydrogen (secondary N) is 2. The van der Waals surface area contributed by atoms with Crippen molar-refractivity contribution in [2.75, 3.05) is 0 Å². The summed E-state index contributed by atoms with van der Waals surface area (Å²) in [6.07, 6.45) is -0.715. The largest absolute Gasteiger partial charge is 0.417 e. The molecule has 0 aliphatic carbocycles. The van der Waals surface area contributed by atoms with E-state index in [2.05, 4.69) is 20.3 Å². The molecule has 2 aromatic heterocycles. The molecular formula is C11H9F3N4O. The van der Waals surface area contributed by atoms with Crippen molar-refractivity contribution >= 4 is 5.91 Å². The fourth-order valence-corrected chi connectivity index (χ4v) is 1.35. The molecule has 0 unspecified atom stereocenters. The number of amides is 1. The van der Waals surface area contributed by atoms with Crippen LogP contribution >= 0.6 is 0 Å². The number of aromatic nitrogens is 3. The fourth-order valence-electron chi connectivity index (χ4n) is 1.35. The van der Waals surface area contributed by atoms with Gasteiger partial charge in [-0.1, -0.05) is 0 Å². The molecule has 0 saturated carbocycles. The molecule has 0 saturated heterocycles. The zero-order valence-corrected chi connectivity index (χ0v) is 9.53. The molecule has 0 radical (unpaired) electrons. The maximum Gasteiger partial charge on any atom is 0.417 e. The molecule has 0 aliphatic rings. The number of hydrogen-bond acceptors (Lipinski definition) is 3. The van der Waals surface area contributed by atoms with E-state index < -0.39 is 17.6 Å². The molecule has 2 N–H and O–H groups in total. The summed E-state index contributed by atoms with van der Waals surface area (Å²) in [7, 11) is 0. The van der Waals surface area contributed by atoms with E-state index in [-0.39, 0.29) is 12.2 Å². The molecule has 0 fully saturated rings. The van der Waals surface area contributed by atoms with E-state index in [9.17, 15) is 18.0 Å². The predicted molar refractivity (Wildman–Crippen MR) is 59.0 cm³/mol. The van der Waals surface area contributed by atoms with Crippen molar-refractivity contribution < 1.29 is 18.0 Å². The van der Waals surface area contributed by atoms with Crippen LogP contribution in [0.15, 0.2) is 30.7 Å². The molecule has 0 bridgehead atoms. The lowest BCUT2D eigenvalue weighted by Gasteiger charge is -2.07. The highest BCUT2D eigenvalue weighted by molar-refractivity contribution is 5.92. The summed E-state index contributed by atoms with van der Waals surface area (Å²) in [5.41, 5.74) is -0.977. The molecule has 2 aromatic rings. The molecule has 0 spiro atoms. The monoisotopic (exact) mass is 270 g/mol. The van der Waals surface area contributed by atoms with Crippen LogP contribution in [0.25, 0.3) is 0 Å². The van der Waals surface area contributed by atoms with Gasteiger partial charge in [0.05, 0.1) is 12.1 Å². The van der Waals surface area contributed by atoms with Gasteiger partial charge in [-0.05, 0) is 12.1 Å². The van der Waals surface area contributed by atoms with Crippen LogP contribution in [0, 0.1) is 0 Å². The van der Waals surface area contributed by atoms with E-state index >= 15 is 0 Å². The topological polar surface area (TPSA) is 70.7 Å². The molecule has 0 aromatic carbocycles. The summed E-state index contributed by atoms with van der Waals surface area (Å²) in [6.45, 7) is 0.147. The molecule has 5 nitrogen and oxygen atoms in total. The van der Waals surface area contributed by atoms with Gasteiger partial charge in [-0.2, -0.15) is 13.2 Å². The number of carbonyl (C=O) groups is 1. The van der Waals surface area contributed by atoms with Crippen LogP contribution in [0.2, 0.25) is 0 Å². The smallest absolute Gasteiger partial charge is 0.347 e. The number of halogens is 3. The van der Waals surface area contributed by atoms with Gasteiger partial charge in [0.2, 0.25) is 0 Å². The van der Waals surface area contributed by atoms with Crippen molar-refractivity contribution in [1.29, 1.82) is 0 Å². The van der Waals surface area contributed by atoms with Gasteiger partial charge in [0.1, 0.15) is 11.5 Å². The first-order chi connectivity index (χ1) is 8.97. The average Bonchev–Trinajstić information content (AvgIpc) is 2.88. The highest BCUT2D eigenvalue weighted by Crippen LogP contribution is 2.28. The Hall–Kier alpha value is -2.38. The van der Waals surface area contributed by atoms with Gasteiger partial charge in [0.15, 0.2) is 0 Å². The number of nitrogens with zero attached hydrogens (tertiary/aromatic N) is 2. The Morgan fingerprint density at radius 3 is 2.63 bits per heavy atom. The van der Waals surface area contributed by atoms with Crippen molar-refractivity contribution in [3.63, 3.8) is 0 Å². The first-order valence-electron chi connectivity index (χ1n) is 5.26. The van der Waals surface area contributed by atoms with E-state index in [1.165, 1.54) is 6.20 Å². The van der Waals surface area contributed by atoms with Crippen LogP contribution < -0.4 is 5.32 Å². The Kier molecular flexibility index (Phi) is 3.50. The van der Waals surface area contributed by atoms with Crippen molar-refractivity contribution in [2.45, 2.75) is 12.7 Å². The standard InChI is InChI=1S/C11H9F3N4O/c12-11(13,14)7-1-2-8(17-5-7)10(19)18-6-9-15-3-4-16-9/h1-5H,6H2,(H,15,16)(H,18,19). The van der Waals surface area contributed by atoms with Crippen LogP contribution in [-0.2, 0) is 12.7 Å². The normalized spacial score (nSPS) is 11.3. The minimum Gasteiger partial charge on any atom is -0.347 e. The van der Waals surface area contributed by atoms with Gasteiger partial charge in [-0.25, -0.2) is 4.98 Å². The lowest BCUT2D eigenvalue weighted by atomic mass is 10.2. The molecule has 0 aliphatic heterocycles. The maximum atomic E-state index is 12.3. The van der Waals surface area contributed by atoms with E-state index in [1.54, 1.807) is 6.20 Å². The van der Waals surface area contributed by atoms with Gasteiger partial charge < -0.3 is 10.3 Å². The average molecular weight is 270 g/mol. The predicted octanol–water partition coefficient (Wildman–Crippen LogP) is 1.75. The third-order valence-corrected chi connectivity index (χ3v) is 2.29. The summed E-state index contributed by atoms with van der Waals surface area (Å²) in [5, 5.41) is 2.48. The summed E-state index contributed by atoms with van der Waals surface area (Å²) in [5.74, 6) is -0.0228. The number of alkyl halides is 3. The number of rotatable bonds is 3. The minimum atomic E-state index is -4.46. The second-order valence-electron chi connectivity index (χ2n) is 3.65. The van der Waals surface area contributed by atoms with Gasteiger partial charge in [0, 0.05) is 18.6 Å². The fraction of sp³-hybridized carbons (Fsp3) is 0.182. The van der Waals surface area contributed by atoms with Gasteiger partial charge in [0.25, 0.3) is 5.91 Å². The lowest BCUT2D eigenvalue weighted by molar-refractivity contribution is -0.137. The van der Waals surface area contributed by atoms with Crippen LogP contribution in [0.4, 0.5) is 13.2 Å². The highest BCUT2D eigenvalue weighted by atomic mass is 19.4. The SMILES string of the molecule is O=C(NCc1ncc[nH]1)c1ccc(C(F)(F)F)cn1. The zero-order chi connectivity index (χ0) is 13.9. The van der Waals surface area contributed by atoms with E-state index in [1.807, 2.05) is 0 Å². The lowest BCUT2D eigenvalue weighted by Crippen LogP contribution is -2.24. The van der Waals surface area contributed by atoms with Gasteiger partial charge in [-0.3, -0.25) is 9.78 Å². The number of imidazole rings is 1. The van der Waals surface area contributed by atoms with Gasteiger partial charge >= 0.3 is 6.18 Å².